The van der Waals surface area contributed by atoms with Gasteiger partial charge in [0.05, 0.1) is 12.5 Å². The largest absolute Gasteiger partial charge is 0.481 e. The molecular formula is C16H22N2O3. The molecule has 1 saturated heterocycles. The molecule has 0 radical (unpaired) electrons. The van der Waals surface area contributed by atoms with Crippen molar-refractivity contribution in [3.63, 3.8) is 0 Å². The predicted octanol–water partition coefficient (Wildman–Crippen LogP) is 1.98. The van der Waals surface area contributed by atoms with Gasteiger partial charge in [-0.25, -0.2) is 0 Å². The Morgan fingerprint density at radius 2 is 2.00 bits per heavy atom. The molecule has 0 aliphatic carbocycles. The predicted molar refractivity (Wildman–Crippen MR) is 81.2 cm³/mol. The molecule has 2 unspecified atom stereocenters. The lowest BCUT2D eigenvalue weighted by Crippen LogP contribution is -2.38. The van der Waals surface area contributed by atoms with Crippen molar-refractivity contribution in [2.45, 2.75) is 32.7 Å². The van der Waals surface area contributed by atoms with Crippen LogP contribution in [-0.2, 0) is 16.0 Å². The number of hydrogen-bond donors (Lipinski definition) is 2. The van der Waals surface area contributed by atoms with Crippen molar-refractivity contribution < 1.29 is 14.7 Å². The summed E-state index contributed by atoms with van der Waals surface area (Å²) in [5.74, 6) is -1.25. The van der Waals surface area contributed by atoms with Crippen molar-refractivity contribution in [1.29, 1.82) is 0 Å². The maximum atomic E-state index is 12.0. The minimum absolute atomic E-state index is 0.0999. The first kappa shape index (κ1) is 15.5. The van der Waals surface area contributed by atoms with Crippen molar-refractivity contribution >= 4 is 17.6 Å². The number of carboxylic acid groups (broad SMARTS) is 1. The monoisotopic (exact) mass is 290 g/mol. The van der Waals surface area contributed by atoms with E-state index in [4.69, 9.17) is 5.11 Å². The minimum atomic E-state index is -0.777. The number of aliphatic carboxylic acids is 1. The molecule has 1 aliphatic rings. The van der Waals surface area contributed by atoms with Crippen LogP contribution >= 0.6 is 0 Å². The topological polar surface area (TPSA) is 69.6 Å². The number of carbonyl (C=O) groups excluding carboxylic acids is 1. The second-order valence-electron chi connectivity index (χ2n) is 5.54. The normalized spacial score (nSPS) is 22.2. The summed E-state index contributed by atoms with van der Waals surface area (Å²) in [5, 5.41) is 11.9. The smallest absolute Gasteiger partial charge is 0.308 e. The molecule has 1 aliphatic heterocycles. The van der Waals surface area contributed by atoms with Crippen molar-refractivity contribution in [3.05, 3.63) is 29.8 Å². The average molecular weight is 290 g/mol. The molecule has 1 aromatic carbocycles. The molecule has 1 fully saturated rings. The lowest BCUT2D eigenvalue weighted by Gasteiger charge is -2.22. The van der Waals surface area contributed by atoms with Crippen LogP contribution in [0.1, 0.15) is 25.8 Å². The van der Waals surface area contributed by atoms with Gasteiger partial charge in [0.25, 0.3) is 0 Å². The molecule has 114 valence electrons. The Morgan fingerprint density at radius 3 is 2.52 bits per heavy atom. The highest BCUT2D eigenvalue weighted by Crippen LogP contribution is 2.24. The van der Waals surface area contributed by atoms with Gasteiger partial charge in [-0.2, -0.15) is 0 Å². The molecule has 0 saturated carbocycles. The Kier molecular flexibility index (Phi) is 4.96. The van der Waals surface area contributed by atoms with Crippen LogP contribution in [0.4, 0.5) is 5.69 Å². The van der Waals surface area contributed by atoms with E-state index in [1.54, 1.807) is 0 Å². The van der Waals surface area contributed by atoms with Crippen LogP contribution in [0.3, 0.4) is 0 Å². The summed E-state index contributed by atoms with van der Waals surface area (Å²) in [5.41, 5.74) is 2.00. The van der Waals surface area contributed by atoms with Crippen molar-refractivity contribution in [1.82, 2.24) is 4.90 Å². The van der Waals surface area contributed by atoms with E-state index in [0.29, 0.717) is 13.0 Å². The molecule has 2 rings (SSSR count). The van der Waals surface area contributed by atoms with Gasteiger partial charge in [-0.05, 0) is 44.0 Å². The first-order valence-electron chi connectivity index (χ1n) is 7.37. The van der Waals surface area contributed by atoms with Crippen LogP contribution in [0.25, 0.3) is 0 Å². The highest BCUT2D eigenvalue weighted by atomic mass is 16.4. The Morgan fingerprint density at radius 1 is 1.33 bits per heavy atom. The van der Waals surface area contributed by atoms with Gasteiger partial charge in [0.15, 0.2) is 0 Å². The lowest BCUT2D eigenvalue weighted by atomic mass is 10.0. The van der Waals surface area contributed by atoms with E-state index in [0.717, 1.165) is 12.1 Å². The number of anilines is 1. The molecule has 0 spiro atoms. The first-order valence-corrected chi connectivity index (χ1v) is 7.37. The fourth-order valence-corrected chi connectivity index (χ4v) is 2.77. The number of likely N-dealkylation sites (tertiary alicyclic amines) is 1. The van der Waals surface area contributed by atoms with E-state index in [-0.39, 0.29) is 24.4 Å². The zero-order chi connectivity index (χ0) is 15.4. The van der Waals surface area contributed by atoms with Gasteiger partial charge >= 0.3 is 5.97 Å². The quantitative estimate of drug-likeness (QED) is 0.870. The summed E-state index contributed by atoms with van der Waals surface area (Å²) in [6.45, 7) is 4.84. The number of hydrogen-bond acceptors (Lipinski definition) is 3. The first-order chi connectivity index (χ1) is 10.0. The SMILES string of the molecule is CCc1ccc(NC(=O)CN2CCC(C(=O)O)C2C)cc1. The van der Waals surface area contributed by atoms with Crippen LogP contribution in [-0.4, -0.2) is 41.0 Å². The molecule has 1 aromatic rings. The van der Waals surface area contributed by atoms with E-state index in [1.165, 1.54) is 5.56 Å². The lowest BCUT2D eigenvalue weighted by molar-refractivity contribution is -0.142. The molecule has 2 atom stereocenters. The zero-order valence-corrected chi connectivity index (χ0v) is 12.5. The van der Waals surface area contributed by atoms with E-state index in [1.807, 2.05) is 36.1 Å². The maximum Gasteiger partial charge on any atom is 0.308 e. The number of benzene rings is 1. The van der Waals surface area contributed by atoms with E-state index < -0.39 is 5.97 Å². The molecule has 5 heteroatoms. The third-order valence-electron chi connectivity index (χ3n) is 4.20. The molecule has 5 nitrogen and oxygen atoms in total. The van der Waals surface area contributed by atoms with Gasteiger partial charge in [-0.15, -0.1) is 0 Å². The fourth-order valence-electron chi connectivity index (χ4n) is 2.77. The summed E-state index contributed by atoms with van der Waals surface area (Å²) >= 11 is 0. The van der Waals surface area contributed by atoms with Crippen LogP contribution in [0.2, 0.25) is 0 Å². The molecule has 2 N–H and O–H groups in total. The standard InChI is InChI=1S/C16H22N2O3/c1-3-12-4-6-13(7-5-12)17-15(19)10-18-9-8-14(11(18)2)16(20)21/h4-7,11,14H,3,8-10H2,1-2H3,(H,17,19)(H,20,21). The Balaban J connectivity index is 1.88. The molecule has 1 amide bonds. The third kappa shape index (κ3) is 3.82. The van der Waals surface area contributed by atoms with Crippen LogP contribution < -0.4 is 5.32 Å². The molecule has 0 aromatic heterocycles. The van der Waals surface area contributed by atoms with Crippen molar-refractivity contribution in [2.24, 2.45) is 5.92 Å². The molecule has 21 heavy (non-hydrogen) atoms. The molecule has 0 bridgehead atoms. The molecule has 1 heterocycles. The minimum Gasteiger partial charge on any atom is -0.481 e. The zero-order valence-electron chi connectivity index (χ0n) is 12.5. The van der Waals surface area contributed by atoms with Gasteiger partial charge in [0.1, 0.15) is 0 Å². The van der Waals surface area contributed by atoms with E-state index in [9.17, 15) is 9.59 Å². The number of carboxylic acids is 1. The summed E-state index contributed by atoms with van der Waals surface area (Å²) in [6.07, 6.45) is 1.57. The Bertz CT molecular complexity index is 513. The van der Waals surface area contributed by atoms with Crippen LogP contribution in [0.5, 0.6) is 0 Å². The number of aryl methyl sites for hydroxylation is 1. The van der Waals surface area contributed by atoms with E-state index >= 15 is 0 Å². The Hall–Kier alpha value is -1.88. The number of carbonyl (C=O) groups is 2. The molecular weight excluding hydrogens is 268 g/mol. The number of nitrogens with zero attached hydrogens (tertiary/aromatic N) is 1. The second-order valence-corrected chi connectivity index (χ2v) is 5.54. The van der Waals surface area contributed by atoms with Gasteiger partial charge in [-0.3, -0.25) is 14.5 Å². The number of rotatable bonds is 5. The van der Waals surface area contributed by atoms with E-state index in [2.05, 4.69) is 12.2 Å². The highest BCUT2D eigenvalue weighted by Gasteiger charge is 2.36. The van der Waals surface area contributed by atoms with Crippen molar-refractivity contribution in [2.75, 3.05) is 18.4 Å². The summed E-state index contributed by atoms with van der Waals surface area (Å²) < 4.78 is 0. The summed E-state index contributed by atoms with van der Waals surface area (Å²) in [4.78, 5) is 25.0. The van der Waals surface area contributed by atoms with Gasteiger partial charge in [-0.1, -0.05) is 19.1 Å². The van der Waals surface area contributed by atoms with Gasteiger partial charge in [0, 0.05) is 11.7 Å². The number of nitrogens with one attached hydrogen (secondary N) is 1. The van der Waals surface area contributed by atoms with Crippen LogP contribution in [0.15, 0.2) is 24.3 Å². The maximum absolute atomic E-state index is 12.0. The highest BCUT2D eigenvalue weighted by molar-refractivity contribution is 5.92. The second kappa shape index (κ2) is 6.72. The summed E-state index contributed by atoms with van der Waals surface area (Å²) in [7, 11) is 0. The summed E-state index contributed by atoms with van der Waals surface area (Å²) in [6, 6.07) is 7.67. The van der Waals surface area contributed by atoms with Gasteiger partial charge in [0.2, 0.25) is 5.91 Å². The fraction of sp³-hybridized carbons (Fsp3) is 0.500. The number of amides is 1. The van der Waals surface area contributed by atoms with Gasteiger partial charge < -0.3 is 10.4 Å². The average Bonchev–Trinajstić information content (AvgIpc) is 2.81. The third-order valence-corrected chi connectivity index (χ3v) is 4.20. The Labute approximate surface area is 125 Å². The van der Waals surface area contributed by atoms with Crippen molar-refractivity contribution in [3.8, 4) is 0 Å². The van der Waals surface area contributed by atoms with Crippen LogP contribution in [0, 0.1) is 5.92 Å².